The molecule has 6 heteroatoms. The van der Waals surface area contributed by atoms with Crippen molar-refractivity contribution in [3.8, 4) is 6.07 Å². The Kier molecular flexibility index (Phi) is 3.90. The third kappa shape index (κ3) is 2.71. The lowest BCUT2D eigenvalue weighted by Gasteiger charge is -2.31. The molecule has 0 unspecified atom stereocenters. The number of aromatic nitrogens is 1. The molecule has 19 heavy (non-hydrogen) atoms. The minimum absolute atomic E-state index is 0.119. The number of nitrogens with zero attached hydrogens (tertiary/aromatic N) is 3. The van der Waals surface area contributed by atoms with E-state index in [1.807, 2.05) is 6.07 Å². The lowest BCUT2D eigenvalue weighted by atomic mass is 10.0. The molecule has 0 aliphatic heterocycles. The Labute approximate surface area is 111 Å². The van der Waals surface area contributed by atoms with Gasteiger partial charge in [-0.2, -0.15) is 5.26 Å². The molecule has 0 bridgehead atoms. The van der Waals surface area contributed by atoms with E-state index in [1.54, 1.807) is 6.92 Å². The number of carboxylic acids is 1. The first-order valence-electron chi connectivity index (χ1n) is 5.61. The third-order valence-corrected chi connectivity index (χ3v) is 3.09. The average Bonchev–Trinajstić information content (AvgIpc) is 2.36. The number of aliphatic carboxylic acids is 1. The van der Waals surface area contributed by atoms with Gasteiger partial charge in [0.25, 0.3) is 5.91 Å². The number of hydrogen-bond acceptors (Lipinski definition) is 4. The van der Waals surface area contributed by atoms with Gasteiger partial charge in [-0.05, 0) is 32.9 Å². The molecule has 0 aliphatic carbocycles. The number of pyridine rings is 1. The molecule has 0 saturated carbocycles. The van der Waals surface area contributed by atoms with Gasteiger partial charge in [0, 0.05) is 7.05 Å². The summed E-state index contributed by atoms with van der Waals surface area (Å²) < 4.78 is 0. The number of nitriles is 1. The molecule has 100 valence electrons. The van der Waals surface area contributed by atoms with Gasteiger partial charge in [0.2, 0.25) is 0 Å². The molecule has 1 heterocycles. The van der Waals surface area contributed by atoms with Crippen LogP contribution in [0.15, 0.2) is 12.1 Å². The zero-order valence-electron chi connectivity index (χ0n) is 11.3. The van der Waals surface area contributed by atoms with Gasteiger partial charge in [-0.25, -0.2) is 9.78 Å². The van der Waals surface area contributed by atoms with E-state index in [9.17, 15) is 9.59 Å². The van der Waals surface area contributed by atoms with E-state index < -0.39 is 17.4 Å². The molecule has 6 nitrogen and oxygen atoms in total. The van der Waals surface area contributed by atoms with Crippen LogP contribution in [0.5, 0.6) is 0 Å². The van der Waals surface area contributed by atoms with Crippen molar-refractivity contribution < 1.29 is 14.7 Å². The van der Waals surface area contributed by atoms with Crippen LogP contribution in [-0.2, 0) is 4.79 Å². The van der Waals surface area contributed by atoms with Crippen molar-refractivity contribution in [2.24, 2.45) is 0 Å². The fraction of sp³-hybridized carbons (Fsp3) is 0.385. The second kappa shape index (κ2) is 5.06. The standard InChI is InChI=1S/C13H15N3O3/c1-8-9(7-14)5-6-10(15-8)11(17)16(4)13(2,3)12(18)19/h5-6H,1-4H3,(H,18,19). The molecule has 0 aliphatic rings. The topological polar surface area (TPSA) is 94.3 Å². The van der Waals surface area contributed by atoms with Crippen molar-refractivity contribution in [2.75, 3.05) is 7.05 Å². The Morgan fingerprint density at radius 2 is 2.00 bits per heavy atom. The number of carboxylic acid groups (broad SMARTS) is 1. The van der Waals surface area contributed by atoms with Crippen LogP contribution < -0.4 is 0 Å². The summed E-state index contributed by atoms with van der Waals surface area (Å²) >= 11 is 0. The molecule has 1 aromatic rings. The van der Waals surface area contributed by atoms with Gasteiger partial charge in [0.05, 0.1) is 11.3 Å². The lowest BCUT2D eigenvalue weighted by Crippen LogP contribution is -2.51. The van der Waals surface area contributed by atoms with Crippen LogP contribution in [0.1, 0.15) is 35.6 Å². The third-order valence-electron chi connectivity index (χ3n) is 3.09. The summed E-state index contributed by atoms with van der Waals surface area (Å²) in [6, 6.07) is 4.87. The van der Waals surface area contributed by atoms with E-state index in [-0.39, 0.29) is 5.69 Å². The van der Waals surface area contributed by atoms with E-state index in [4.69, 9.17) is 10.4 Å². The highest BCUT2D eigenvalue weighted by Crippen LogP contribution is 2.16. The molecule has 1 rings (SSSR count). The molecular weight excluding hydrogens is 246 g/mol. The van der Waals surface area contributed by atoms with Gasteiger partial charge < -0.3 is 10.0 Å². The zero-order valence-corrected chi connectivity index (χ0v) is 11.3. The Balaban J connectivity index is 3.12. The molecule has 0 atom stereocenters. The van der Waals surface area contributed by atoms with Crippen molar-refractivity contribution in [3.05, 3.63) is 29.1 Å². The van der Waals surface area contributed by atoms with Gasteiger partial charge in [-0.15, -0.1) is 0 Å². The van der Waals surface area contributed by atoms with Crippen LogP contribution in [0.2, 0.25) is 0 Å². The first-order chi connectivity index (χ1) is 8.71. The largest absolute Gasteiger partial charge is 0.480 e. The first-order valence-corrected chi connectivity index (χ1v) is 5.61. The van der Waals surface area contributed by atoms with E-state index in [0.29, 0.717) is 11.3 Å². The molecule has 0 radical (unpaired) electrons. The van der Waals surface area contributed by atoms with Crippen molar-refractivity contribution >= 4 is 11.9 Å². The normalized spacial score (nSPS) is 10.7. The monoisotopic (exact) mass is 261 g/mol. The minimum Gasteiger partial charge on any atom is -0.480 e. The minimum atomic E-state index is -1.33. The summed E-state index contributed by atoms with van der Waals surface area (Å²) in [5, 5.41) is 17.9. The lowest BCUT2D eigenvalue weighted by molar-refractivity contribution is -0.147. The van der Waals surface area contributed by atoms with Crippen molar-refractivity contribution in [1.82, 2.24) is 9.88 Å². The number of carbonyl (C=O) groups is 2. The average molecular weight is 261 g/mol. The first kappa shape index (κ1) is 14.6. The molecule has 0 fully saturated rings. The van der Waals surface area contributed by atoms with Gasteiger partial charge in [-0.3, -0.25) is 4.79 Å². The van der Waals surface area contributed by atoms with Crippen LogP contribution in [0.25, 0.3) is 0 Å². The summed E-state index contributed by atoms with van der Waals surface area (Å²) in [5.74, 6) is -1.60. The van der Waals surface area contributed by atoms with E-state index >= 15 is 0 Å². The van der Waals surface area contributed by atoms with Crippen LogP contribution in [0.4, 0.5) is 0 Å². The zero-order chi connectivity index (χ0) is 14.8. The SMILES string of the molecule is Cc1nc(C(=O)N(C)C(C)(C)C(=O)O)ccc1C#N. The highest BCUT2D eigenvalue weighted by Gasteiger charge is 2.36. The van der Waals surface area contributed by atoms with Crippen LogP contribution in [-0.4, -0.2) is 39.5 Å². The highest BCUT2D eigenvalue weighted by atomic mass is 16.4. The molecule has 0 aromatic carbocycles. The van der Waals surface area contributed by atoms with Gasteiger partial charge in [0.15, 0.2) is 0 Å². The van der Waals surface area contributed by atoms with Gasteiger partial charge in [0.1, 0.15) is 17.3 Å². The van der Waals surface area contributed by atoms with Gasteiger partial charge >= 0.3 is 5.97 Å². The Morgan fingerprint density at radius 3 is 2.42 bits per heavy atom. The quantitative estimate of drug-likeness (QED) is 0.882. The highest BCUT2D eigenvalue weighted by molar-refractivity contribution is 5.96. The second-order valence-electron chi connectivity index (χ2n) is 4.67. The molecule has 1 aromatic heterocycles. The maximum Gasteiger partial charge on any atom is 0.329 e. The maximum absolute atomic E-state index is 12.2. The smallest absolute Gasteiger partial charge is 0.329 e. The molecule has 1 amide bonds. The van der Waals surface area contributed by atoms with Crippen LogP contribution in [0, 0.1) is 18.3 Å². The predicted octanol–water partition coefficient (Wildman–Crippen LogP) is 1.20. The van der Waals surface area contributed by atoms with E-state index in [1.165, 1.54) is 33.0 Å². The fourth-order valence-electron chi connectivity index (χ4n) is 1.37. The molecule has 0 saturated heterocycles. The summed E-state index contributed by atoms with van der Waals surface area (Å²) in [6.07, 6.45) is 0. The Morgan fingerprint density at radius 1 is 1.42 bits per heavy atom. The molecule has 0 spiro atoms. The number of carbonyl (C=O) groups excluding carboxylic acids is 1. The summed E-state index contributed by atoms with van der Waals surface area (Å²) in [6.45, 7) is 4.49. The van der Waals surface area contributed by atoms with Crippen LogP contribution >= 0.6 is 0 Å². The number of rotatable bonds is 3. The van der Waals surface area contributed by atoms with Gasteiger partial charge in [-0.1, -0.05) is 0 Å². The summed E-state index contributed by atoms with van der Waals surface area (Å²) in [7, 11) is 1.41. The van der Waals surface area contributed by atoms with Crippen LogP contribution in [0.3, 0.4) is 0 Å². The summed E-state index contributed by atoms with van der Waals surface area (Å²) in [5.41, 5.74) is -0.388. The second-order valence-corrected chi connectivity index (χ2v) is 4.67. The van der Waals surface area contributed by atoms with E-state index in [0.717, 1.165) is 4.90 Å². The molecular formula is C13H15N3O3. The van der Waals surface area contributed by atoms with Crippen molar-refractivity contribution in [3.63, 3.8) is 0 Å². The number of amides is 1. The maximum atomic E-state index is 12.2. The van der Waals surface area contributed by atoms with Crippen molar-refractivity contribution in [2.45, 2.75) is 26.3 Å². The number of aryl methyl sites for hydroxylation is 1. The Bertz CT molecular complexity index is 573. The fourth-order valence-corrected chi connectivity index (χ4v) is 1.37. The summed E-state index contributed by atoms with van der Waals surface area (Å²) in [4.78, 5) is 28.4. The number of hydrogen-bond donors (Lipinski definition) is 1. The Hall–Kier alpha value is -2.42. The van der Waals surface area contributed by atoms with E-state index in [2.05, 4.69) is 4.98 Å². The molecule has 1 N–H and O–H groups in total. The number of likely N-dealkylation sites (N-methyl/N-ethyl adjacent to an activating group) is 1. The van der Waals surface area contributed by atoms with Crippen molar-refractivity contribution in [1.29, 1.82) is 5.26 Å². The predicted molar refractivity (Wildman–Crippen MR) is 67.5 cm³/mol.